The van der Waals surface area contributed by atoms with Crippen LogP contribution in [-0.2, 0) is 20.7 Å². The number of aromatic amines is 1. The number of ether oxygens (including phenoxy) is 2. The van der Waals surface area contributed by atoms with Crippen LogP contribution in [0.4, 0.5) is 5.82 Å². The number of carbonyl (C=O) groups excluding carboxylic acids is 2. The van der Waals surface area contributed by atoms with Crippen molar-refractivity contribution in [3.63, 3.8) is 0 Å². The molecule has 8 nitrogen and oxygen atoms in total. The number of amides is 1. The number of H-pyrrole nitrogens is 1. The van der Waals surface area contributed by atoms with Crippen LogP contribution in [0.25, 0.3) is 11.1 Å². The lowest BCUT2D eigenvalue weighted by atomic mass is 10.00. The van der Waals surface area contributed by atoms with Gasteiger partial charge in [0, 0.05) is 12.1 Å². The molecule has 1 unspecified atom stereocenters. The predicted octanol–water partition coefficient (Wildman–Crippen LogP) is 4.21. The lowest BCUT2D eigenvalue weighted by Gasteiger charge is -2.26. The molecule has 0 aliphatic heterocycles. The van der Waals surface area contributed by atoms with Crippen molar-refractivity contribution in [2.24, 2.45) is 0 Å². The van der Waals surface area contributed by atoms with E-state index < -0.39 is 12.0 Å². The van der Waals surface area contributed by atoms with Crippen LogP contribution in [0, 0.1) is 0 Å². The van der Waals surface area contributed by atoms with Crippen molar-refractivity contribution in [1.82, 2.24) is 15.5 Å². The highest BCUT2D eigenvalue weighted by Crippen LogP contribution is 2.20. The molecule has 0 saturated carbocycles. The number of benzene rings is 2. The molecule has 1 aromatic heterocycles. The molecule has 8 heteroatoms. The highest BCUT2D eigenvalue weighted by Gasteiger charge is 2.23. The Labute approximate surface area is 206 Å². The Morgan fingerprint density at radius 1 is 1.03 bits per heavy atom. The van der Waals surface area contributed by atoms with Crippen molar-refractivity contribution in [3.8, 4) is 11.1 Å². The topological polar surface area (TPSA) is 105 Å². The molecule has 186 valence electrons. The average Bonchev–Trinajstić information content (AvgIpc) is 3.31. The fourth-order valence-corrected chi connectivity index (χ4v) is 3.51. The molecule has 3 rings (SSSR count). The normalized spacial score (nSPS) is 13.2. The molecule has 0 bridgehead atoms. The second-order valence-electron chi connectivity index (χ2n) is 9.46. The number of rotatable bonds is 10. The fourth-order valence-electron chi connectivity index (χ4n) is 3.51. The number of carbonyl (C=O) groups is 2. The van der Waals surface area contributed by atoms with Gasteiger partial charge < -0.3 is 20.1 Å². The van der Waals surface area contributed by atoms with Gasteiger partial charge in [-0.25, -0.2) is 4.79 Å². The van der Waals surface area contributed by atoms with Crippen LogP contribution in [-0.4, -0.2) is 53.5 Å². The van der Waals surface area contributed by atoms with Gasteiger partial charge in [0.05, 0.1) is 25.4 Å². The van der Waals surface area contributed by atoms with Crippen LogP contribution in [0.15, 0.2) is 60.7 Å². The van der Waals surface area contributed by atoms with Crippen molar-refractivity contribution in [1.29, 1.82) is 0 Å². The van der Waals surface area contributed by atoms with Crippen molar-refractivity contribution in [2.75, 3.05) is 19.0 Å². The van der Waals surface area contributed by atoms with Gasteiger partial charge in [-0.2, -0.15) is 5.10 Å². The third-order valence-electron chi connectivity index (χ3n) is 5.30. The number of hydrogen-bond donors (Lipinski definition) is 3. The number of methoxy groups -OCH3 is 1. The van der Waals surface area contributed by atoms with Crippen LogP contribution in [0.1, 0.15) is 43.7 Å². The summed E-state index contributed by atoms with van der Waals surface area (Å²) in [5.74, 6) is -0.568. The molecular weight excluding hydrogens is 444 g/mol. The maximum absolute atomic E-state index is 13.2. The van der Waals surface area contributed by atoms with Crippen LogP contribution >= 0.6 is 0 Å². The minimum absolute atomic E-state index is 0.0709. The summed E-state index contributed by atoms with van der Waals surface area (Å²) in [5, 5.41) is 12.7. The first-order valence-electron chi connectivity index (χ1n) is 11.6. The Balaban J connectivity index is 1.73. The number of nitrogens with one attached hydrogen (secondary N) is 3. The van der Waals surface area contributed by atoms with E-state index in [-0.39, 0.29) is 29.1 Å². The molecule has 1 amide bonds. The standard InChI is InChI=1S/C27H34N4O4/c1-18(17-35-27(2,3)4)28-22(25(32)29-24-16-23(30-31-24)26(33)34-5)15-19-11-13-21(14-12-19)20-9-7-6-8-10-20/h6-14,16,18,22,28H,15,17H2,1-5H3,(H2,29,30,31,32)/t18-,22?/m0/s1. The molecule has 0 aliphatic rings. The molecule has 0 spiro atoms. The molecule has 3 aromatic rings. The zero-order chi connectivity index (χ0) is 25.4. The zero-order valence-electron chi connectivity index (χ0n) is 20.9. The largest absolute Gasteiger partial charge is 0.464 e. The minimum atomic E-state index is -0.556. The van der Waals surface area contributed by atoms with Gasteiger partial charge in [-0.05, 0) is 50.8 Å². The van der Waals surface area contributed by atoms with Crippen LogP contribution in [0.3, 0.4) is 0 Å². The van der Waals surface area contributed by atoms with Crippen molar-refractivity contribution in [3.05, 3.63) is 71.9 Å². The van der Waals surface area contributed by atoms with Gasteiger partial charge in [0.2, 0.25) is 5.91 Å². The zero-order valence-corrected chi connectivity index (χ0v) is 20.9. The Morgan fingerprint density at radius 2 is 1.69 bits per heavy atom. The summed E-state index contributed by atoms with van der Waals surface area (Å²) in [6.07, 6.45) is 0.467. The maximum atomic E-state index is 13.2. The van der Waals surface area contributed by atoms with E-state index in [1.807, 2.05) is 58.0 Å². The molecule has 0 fully saturated rings. The van der Waals surface area contributed by atoms with Crippen molar-refractivity contribution in [2.45, 2.75) is 51.8 Å². The van der Waals surface area contributed by atoms with E-state index in [0.717, 1.165) is 16.7 Å². The average molecular weight is 479 g/mol. The van der Waals surface area contributed by atoms with E-state index in [1.54, 1.807) is 0 Å². The first-order chi connectivity index (χ1) is 16.6. The molecule has 35 heavy (non-hydrogen) atoms. The molecule has 0 aliphatic carbocycles. The molecule has 0 saturated heterocycles. The Morgan fingerprint density at radius 3 is 2.31 bits per heavy atom. The van der Waals surface area contributed by atoms with E-state index in [1.165, 1.54) is 13.2 Å². The molecule has 3 N–H and O–H groups in total. The van der Waals surface area contributed by atoms with Crippen LogP contribution in [0.5, 0.6) is 0 Å². The van der Waals surface area contributed by atoms with Gasteiger partial charge in [-0.15, -0.1) is 0 Å². The first-order valence-corrected chi connectivity index (χ1v) is 11.6. The van der Waals surface area contributed by atoms with Gasteiger partial charge in [0.15, 0.2) is 5.82 Å². The van der Waals surface area contributed by atoms with Gasteiger partial charge in [0.25, 0.3) is 0 Å². The SMILES string of the molecule is COC(=O)c1cc(NC(=O)C(Cc2ccc(-c3ccccc3)cc2)N[C@@H](C)COC(C)(C)C)n[nH]1. The number of nitrogens with zero attached hydrogens (tertiary/aromatic N) is 1. The van der Waals surface area contributed by atoms with E-state index in [9.17, 15) is 9.59 Å². The second kappa shape index (κ2) is 11.8. The number of esters is 1. The Bertz CT molecular complexity index is 1100. The summed E-state index contributed by atoms with van der Waals surface area (Å²) in [6.45, 7) is 8.42. The second-order valence-corrected chi connectivity index (χ2v) is 9.46. The monoisotopic (exact) mass is 478 g/mol. The third kappa shape index (κ3) is 8.05. The van der Waals surface area contributed by atoms with Crippen LogP contribution < -0.4 is 10.6 Å². The highest BCUT2D eigenvalue weighted by atomic mass is 16.5. The van der Waals surface area contributed by atoms with Crippen molar-refractivity contribution >= 4 is 17.7 Å². The summed E-state index contributed by atoms with van der Waals surface area (Å²) in [5.41, 5.74) is 3.15. The summed E-state index contributed by atoms with van der Waals surface area (Å²) < 4.78 is 10.6. The predicted molar refractivity (Wildman–Crippen MR) is 136 cm³/mol. The highest BCUT2D eigenvalue weighted by molar-refractivity contribution is 5.95. The van der Waals surface area contributed by atoms with Gasteiger partial charge in [-0.3, -0.25) is 9.89 Å². The molecular formula is C27H34N4O4. The minimum Gasteiger partial charge on any atom is -0.464 e. The maximum Gasteiger partial charge on any atom is 0.356 e. The van der Waals surface area contributed by atoms with Gasteiger partial charge in [0.1, 0.15) is 5.69 Å². The van der Waals surface area contributed by atoms with E-state index >= 15 is 0 Å². The first kappa shape index (κ1) is 26.1. The summed E-state index contributed by atoms with van der Waals surface area (Å²) in [4.78, 5) is 24.9. The fraction of sp³-hybridized carbons (Fsp3) is 0.370. The Hall–Kier alpha value is -3.49. The van der Waals surface area contributed by atoms with Crippen molar-refractivity contribution < 1.29 is 19.1 Å². The lowest BCUT2D eigenvalue weighted by Crippen LogP contribution is -2.48. The quantitative estimate of drug-likeness (QED) is 0.377. The summed E-state index contributed by atoms with van der Waals surface area (Å²) in [6, 6.07) is 19.1. The van der Waals surface area contributed by atoms with Gasteiger partial charge in [-0.1, -0.05) is 54.6 Å². The smallest absolute Gasteiger partial charge is 0.356 e. The van der Waals surface area contributed by atoms with E-state index in [4.69, 9.17) is 4.74 Å². The lowest BCUT2D eigenvalue weighted by molar-refractivity contribution is -0.118. The van der Waals surface area contributed by atoms with Crippen LogP contribution in [0.2, 0.25) is 0 Å². The summed E-state index contributed by atoms with van der Waals surface area (Å²) >= 11 is 0. The van der Waals surface area contributed by atoms with E-state index in [2.05, 4.69) is 49.8 Å². The number of anilines is 1. The van der Waals surface area contributed by atoms with Gasteiger partial charge >= 0.3 is 5.97 Å². The molecule has 2 aromatic carbocycles. The Kier molecular flexibility index (Phi) is 8.78. The molecule has 0 radical (unpaired) electrons. The molecule has 1 heterocycles. The third-order valence-corrected chi connectivity index (χ3v) is 5.30. The van der Waals surface area contributed by atoms with E-state index in [0.29, 0.717) is 13.0 Å². The number of hydrogen-bond acceptors (Lipinski definition) is 6. The number of aromatic nitrogens is 2. The molecule has 2 atom stereocenters. The summed E-state index contributed by atoms with van der Waals surface area (Å²) in [7, 11) is 1.28.